The van der Waals surface area contributed by atoms with Crippen LogP contribution in [0.3, 0.4) is 0 Å². The summed E-state index contributed by atoms with van der Waals surface area (Å²) < 4.78 is 21.7. The Labute approximate surface area is 205 Å². The predicted octanol–water partition coefficient (Wildman–Crippen LogP) is 4.86. The summed E-state index contributed by atoms with van der Waals surface area (Å²) in [5.74, 6) is -0.196. The number of ether oxygens (including phenoxy) is 1. The molecule has 0 radical (unpaired) electrons. The van der Waals surface area contributed by atoms with Crippen molar-refractivity contribution in [3.8, 4) is 6.07 Å². The van der Waals surface area contributed by atoms with Crippen LogP contribution in [0, 0.1) is 17.2 Å². The zero-order chi connectivity index (χ0) is 25.7. The lowest BCUT2D eigenvalue weighted by atomic mass is 10.0. The summed E-state index contributed by atoms with van der Waals surface area (Å²) >= 11 is 0. The van der Waals surface area contributed by atoms with E-state index in [1.54, 1.807) is 6.33 Å². The number of anilines is 1. The number of nitriles is 1. The molecule has 3 rings (SSSR count). The van der Waals surface area contributed by atoms with E-state index >= 15 is 0 Å². The van der Waals surface area contributed by atoms with Gasteiger partial charge in [0.05, 0.1) is 19.0 Å². The van der Waals surface area contributed by atoms with Gasteiger partial charge in [-0.15, -0.1) is 0 Å². The third-order valence-electron chi connectivity index (χ3n) is 7.81. The fraction of sp³-hybridized carbons (Fsp3) is 0.739. The highest BCUT2D eigenvalue weighted by molar-refractivity contribution is 6.74. The molecule has 34 heavy (non-hydrogen) atoms. The third-order valence-corrected chi connectivity index (χ3v) is 16.8. The van der Waals surface area contributed by atoms with Gasteiger partial charge in [0.1, 0.15) is 30.0 Å². The average molecular weight is 505 g/mol. The number of nitrogens with two attached hydrogens (primary N) is 1. The first-order valence-electron chi connectivity index (χ1n) is 11.8. The minimum atomic E-state index is -2.23. The number of imidazole rings is 1. The van der Waals surface area contributed by atoms with Crippen molar-refractivity contribution in [1.29, 1.82) is 5.26 Å². The smallest absolute Gasteiger partial charge is 0.192 e. The highest BCUT2D eigenvalue weighted by Crippen LogP contribution is 2.45. The number of nitrogen functional groups attached to an aromatic ring is 1. The largest absolute Gasteiger partial charge is 0.414 e. The molecule has 0 aromatic carbocycles. The van der Waals surface area contributed by atoms with Crippen molar-refractivity contribution >= 4 is 33.6 Å². The highest BCUT2D eigenvalue weighted by Gasteiger charge is 2.52. The lowest BCUT2D eigenvalue weighted by Gasteiger charge is -2.40. The molecule has 188 valence electrons. The van der Waals surface area contributed by atoms with Crippen molar-refractivity contribution in [3.63, 3.8) is 0 Å². The van der Waals surface area contributed by atoms with Gasteiger partial charge in [0.25, 0.3) is 0 Å². The number of rotatable bonds is 6. The predicted molar refractivity (Wildman–Crippen MR) is 138 cm³/mol. The Kier molecular flexibility index (Phi) is 7.07. The van der Waals surface area contributed by atoms with E-state index in [-0.39, 0.29) is 10.1 Å². The van der Waals surface area contributed by atoms with E-state index in [0.29, 0.717) is 23.6 Å². The fourth-order valence-electron chi connectivity index (χ4n) is 3.47. The Hall–Kier alpha value is -1.85. The Morgan fingerprint density at radius 3 is 2.24 bits per heavy atom. The lowest BCUT2D eigenvalue weighted by molar-refractivity contribution is -0.0447. The van der Waals surface area contributed by atoms with Crippen LogP contribution < -0.4 is 5.73 Å². The van der Waals surface area contributed by atoms with E-state index in [2.05, 4.69) is 88.8 Å². The van der Waals surface area contributed by atoms with Crippen LogP contribution in [0.5, 0.6) is 0 Å². The van der Waals surface area contributed by atoms with Crippen molar-refractivity contribution in [1.82, 2.24) is 19.5 Å². The summed E-state index contributed by atoms with van der Waals surface area (Å²) in [7, 11) is -4.26. The van der Waals surface area contributed by atoms with E-state index in [1.807, 2.05) is 4.57 Å². The van der Waals surface area contributed by atoms with Gasteiger partial charge in [0.15, 0.2) is 34.3 Å². The first-order chi connectivity index (χ1) is 15.5. The molecule has 2 aromatic heterocycles. The maximum atomic E-state index is 10.3. The number of nitrogens with zero attached hydrogens (tertiary/aromatic N) is 5. The zero-order valence-corrected chi connectivity index (χ0v) is 24.2. The first-order valence-corrected chi connectivity index (χ1v) is 17.6. The van der Waals surface area contributed by atoms with E-state index < -0.39 is 41.0 Å². The Bertz CT molecular complexity index is 1070. The number of aromatic nitrogens is 4. The van der Waals surface area contributed by atoms with Gasteiger partial charge in [0.2, 0.25) is 0 Å². The molecule has 0 spiro atoms. The van der Waals surface area contributed by atoms with Gasteiger partial charge in [0, 0.05) is 0 Å². The van der Waals surface area contributed by atoms with E-state index in [9.17, 15) is 5.26 Å². The van der Waals surface area contributed by atoms with Gasteiger partial charge in [-0.1, -0.05) is 41.5 Å². The summed E-state index contributed by atoms with van der Waals surface area (Å²) in [6.07, 6.45) is 1.55. The van der Waals surface area contributed by atoms with Crippen molar-refractivity contribution in [2.75, 3.05) is 12.3 Å². The van der Waals surface area contributed by atoms with Crippen molar-refractivity contribution in [3.05, 3.63) is 12.7 Å². The molecule has 0 bridgehead atoms. The third kappa shape index (κ3) is 4.92. The Balaban J connectivity index is 2.01. The average Bonchev–Trinajstić information content (AvgIpc) is 3.26. The number of hydrogen-bond donors (Lipinski definition) is 1. The van der Waals surface area contributed by atoms with Crippen LogP contribution in [0.15, 0.2) is 12.7 Å². The van der Waals surface area contributed by atoms with E-state index in [1.165, 1.54) is 6.33 Å². The van der Waals surface area contributed by atoms with Crippen LogP contribution in [0.2, 0.25) is 36.3 Å². The summed E-state index contributed by atoms with van der Waals surface area (Å²) in [4.78, 5) is 12.9. The molecular weight excluding hydrogens is 464 g/mol. The van der Waals surface area contributed by atoms with Crippen LogP contribution in [0.1, 0.15) is 47.8 Å². The van der Waals surface area contributed by atoms with Gasteiger partial charge >= 0.3 is 0 Å². The van der Waals surface area contributed by atoms with E-state index in [0.717, 1.165) is 0 Å². The quantitative estimate of drug-likeness (QED) is 0.554. The van der Waals surface area contributed by atoms with Crippen molar-refractivity contribution < 1.29 is 13.6 Å². The summed E-state index contributed by atoms with van der Waals surface area (Å²) in [6, 6.07) is 2.48. The minimum absolute atomic E-state index is 0.0309. The van der Waals surface area contributed by atoms with Crippen LogP contribution in [0.25, 0.3) is 11.2 Å². The first kappa shape index (κ1) is 26.8. The second-order valence-corrected chi connectivity index (χ2v) is 21.8. The molecule has 1 aliphatic heterocycles. The van der Waals surface area contributed by atoms with Gasteiger partial charge in [-0.3, -0.25) is 4.57 Å². The summed E-state index contributed by atoms with van der Waals surface area (Å²) in [6.45, 7) is 22.3. The Morgan fingerprint density at radius 1 is 1.06 bits per heavy atom. The topological polar surface area (TPSA) is 121 Å². The second-order valence-electron chi connectivity index (χ2n) is 12.2. The standard InChI is InChI=1S/C23H40N6O3Si2/c1-22(2,3)33(7,8)30-12-16-15(11-24)18(32-34(9,10)23(4,5)6)21(31-16)29-14-28-17-19(25)26-13-27-20(17)29/h13-16,18,21H,12H2,1-10H3,(H2,25,26,27)/t15-,16+,18+,21+/m0/s1. The minimum Gasteiger partial charge on any atom is -0.414 e. The molecule has 1 fully saturated rings. The molecular formula is C23H40N6O3Si2. The highest BCUT2D eigenvalue weighted by atomic mass is 28.4. The summed E-state index contributed by atoms with van der Waals surface area (Å²) in [5, 5.41) is 10.3. The molecule has 0 unspecified atom stereocenters. The van der Waals surface area contributed by atoms with Crippen molar-refractivity contribution in [2.45, 2.75) is 96.2 Å². The molecule has 2 N–H and O–H groups in total. The molecule has 3 heterocycles. The normalized spacial score (nSPS) is 24.5. The lowest BCUT2D eigenvalue weighted by Crippen LogP contribution is -2.47. The number of fused-ring (bicyclic) bond motifs is 1. The van der Waals surface area contributed by atoms with Gasteiger partial charge in [-0.05, 0) is 36.3 Å². The van der Waals surface area contributed by atoms with Crippen LogP contribution in [-0.2, 0) is 13.6 Å². The monoisotopic (exact) mass is 504 g/mol. The fourth-order valence-corrected chi connectivity index (χ4v) is 5.78. The summed E-state index contributed by atoms with van der Waals surface area (Å²) in [5.41, 5.74) is 7.08. The van der Waals surface area contributed by atoms with Crippen LogP contribution >= 0.6 is 0 Å². The maximum absolute atomic E-state index is 10.3. The van der Waals surface area contributed by atoms with Gasteiger partial charge in [-0.2, -0.15) is 5.26 Å². The molecule has 0 saturated carbocycles. The second kappa shape index (κ2) is 8.98. The van der Waals surface area contributed by atoms with Crippen LogP contribution in [0.4, 0.5) is 5.82 Å². The molecule has 0 amide bonds. The number of hydrogen-bond acceptors (Lipinski definition) is 8. The SMILES string of the molecule is CC(C)(C)[Si](C)(C)OC[C@H]1O[C@@H](n2cnc3c(N)ncnc32)[C@H](O[Si](C)(C)C(C)(C)C)[C@H]1C#N. The zero-order valence-electron chi connectivity index (χ0n) is 22.2. The molecule has 4 atom stereocenters. The van der Waals surface area contributed by atoms with E-state index in [4.69, 9.17) is 19.3 Å². The van der Waals surface area contributed by atoms with Crippen LogP contribution in [-0.4, -0.2) is 55.0 Å². The van der Waals surface area contributed by atoms with Crippen molar-refractivity contribution in [2.24, 2.45) is 5.92 Å². The molecule has 1 aliphatic rings. The molecule has 2 aromatic rings. The maximum Gasteiger partial charge on any atom is 0.192 e. The Morgan fingerprint density at radius 2 is 1.68 bits per heavy atom. The molecule has 0 aliphatic carbocycles. The molecule has 9 nitrogen and oxygen atoms in total. The molecule has 1 saturated heterocycles. The van der Waals surface area contributed by atoms with Gasteiger partial charge < -0.3 is 19.3 Å². The van der Waals surface area contributed by atoms with Gasteiger partial charge in [-0.25, -0.2) is 15.0 Å². The molecule has 11 heteroatoms.